The van der Waals surface area contributed by atoms with Crippen LogP contribution >= 0.6 is 0 Å². The average molecular weight is 195 g/mol. The fraction of sp³-hybridized carbons (Fsp3) is 0.857. The molecule has 0 bridgehead atoms. The number of halogens is 2. The van der Waals surface area contributed by atoms with Gasteiger partial charge in [0, 0.05) is 13.1 Å². The Morgan fingerprint density at radius 3 is 2.92 bits per heavy atom. The second-order valence-corrected chi connectivity index (χ2v) is 2.81. The van der Waals surface area contributed by atoms with E-state index in [0.29, 0.717) is 0 Å². The Labute approximate surface area is 74.1 Å². The summed E-state index contributed by atoms with van der Waals surface area (Å²) in [4.78, 5) is 11.7. The Hall–Kier alpha value is -0.750. The number of hydrogen-bond acceptors (Lipinski definition) is 3. The van der Waals surface area contributed by atoms with Crippen LogP contribution in [0.5, 0.6) is 0 Å². The van der Waals surface area contributed by atoms with Crippen molar-refractivity contribution >= 4 is 5.91 Å². The molecule has 0 aromatic carbocycles. The molecular weight excluding hydrogens is 184 g/mol. The molecule has 1 aliphatic heterocycles. The fourth-order valence-corrected chi connectivity index (χ4v) is 1.13. The number of hydrogen-bond donors (Lipinski definition) is 1. The normalized spacial score (nSPS) is 24.6. The van der Waals surface area contributed by atoms with Crippen molar-refractivity contribution in [2.24, 2.45) is 0 Å². The first-order valence-corrected chi connectivity index (χ1v) is 3.94. The van der Waals surface area contributed by atoms with E-state index in [9.17, 15) is 13.6 Å². The number of amides is 1. The lowest BCUT2D eigenvalue weighted by Gasteiger charge is -2.20. The number of alkyl halides is 2. The number of carbonyl (C=O) groups excluding carboxylic acids is 1. The van der Waals surface area contributed by atoms with E-state index in [-0.39, 0.29) is 26.3 Å². The van der Waals surface area contributed by atoms with Crippen molar-refractivity contribution in [2.75, 3.05) is 26.3 Å². The Kier molecular flexibility index (Phi) is 3.56. The molecule has 0 radical (unpaired) electrons. The van der Waals surface area contributed by atoms with Crippen molar-refractivity contribution in [3.63, 3.8) is 0 Å². The number of ether oxygens (including phenoxy) is 1. The quantitative estimate of drug-likeness (QED) is 0.612. The van der Waals surface area contributed by atoms with Gasteiger partial charge in [0.1, 0.15) is 0 Å². The van der Waals surface area contributed by atoms with Crippen molar-refractivity contribution in [1.82, 2.24) is 4.90 Å². The van der Waals surface area contributed by atoms with Crippen molar-refractivity contribution in [3.8, 4) is 0 Å². The molecular formula is C7H11F2NO3. The summed E-state index contributed by atoms with van der Waals surface area (Å²) in [6, 6.07) is 0. The van der Waals surface area contributed by atoms with E-state index in [1.54, 1.807) is 0 Å². The minimum atomic E-state index is -3.01. The second kappa shape index (κ2) is 4.48. The number of β-amino-alcohol motifs (C(OH)–C–C–N with tert-alkyl or cyclic N) is 1. The van der Waals surface area contributed by atoms with Crippen molar-refractivity contribution < 1.29 is 23.4 Å². The van der Waals surface area contributed by atoms with Gasteiger partial charge in [-0.15, -0.1) is 0 Å². The molecule has 0 aromatic rings. The molecule has 1 atom stereocenters. The van der Waals surface area contributed by atoms with Crippen molar-refractivity contribution in [1.29, 1.82) is 0 Å². The van der Waals surface area contributed by atoms with Gasteiger partial charge in [0.15, 0.2) is 0 Å². The molecule has 6 heteroatoms. The van der Waals surface area contributed by atoms with Crippen LogP contribution in [0.25, 0.3) is 0 Å². The number of carbonyl (C=O) groups is 1. The fourth-order valence-electron chi connectivity index (χ4n) is 1.13. The zero-order chi connectivity index (χ0) is 9.84. The minimum Gasteiger partial charge on any atom is -0.389 e. The predicted octanol–water partition coefficient (Wildman–Crippen LogP) is -0.529. The maximum Gasteiger partial charge on any atom is 0.315 e. The molecule has 1 aliphatic rings. The smallest absolute Gasteiger partial charge is 0.315 e. The Morgan fingerprint density at radius 2 is 2.31 bits per heavy atom. The van der Waals surface area contributed by atoms with Gasteiger partial charge in [0.05, 0.1) is 19.3 Å². The van der Waals surface area contributed by atoms with Gasteiger partial charge in [0.25, 0.3) is 5.91 Å². The molecule has 13 heavy (non-hydrogen) atoms. The van der Waals surface area contributed by atoms with Crippen LogP contribution in [0.3, 0.4) is 0 Å². The van der Waals surface area contributed by atoms with Gasteiger partial charge in [-0.2, -0.15) is 8.78 Å². The first-order valence-electron chi connectivity index (χ1n) is 3.94. The van der Waals surface area contributed by atoms with E-state index >= 15 is 0 Å². The third-order valence-corrected chi connectivity index (χ3v) is 1.75. The van der Waals surface area contributed by atoms with Gasteiger partial charge in [0.2, 0.25) is 0 Å². The molecule has 0 saturated carbocycles. The van der Waals surface area contributed by atoms with Crippen LogP contribution < -0.4 is 0 Å². The molecule has 1 heterocycles. The standard InChI is InChI=1S/C7H11F2NO3/c8-6(9)7(12)10-1-2-13-4-5(11)3-10/h5-6,11H,1-4H2. The average Bonchev–Trinajstić information content (AvgIpc) is 2.28. The van der Waals surface area contributed by atoms with E-state index in [2.05, 4.69) is 0 Å². The SMILES string of the molecule is O=C(C(F)F)N1CCOCC(O)C1. The molecule has 1 unspecified atom stereocenters. The van der Waals surface area contributed by atoms with Gasteiger partial charge in [-0.1, -0.05) is 0 Å². The Balaban J connectivity index is 2.52. The van der Waals surface area contributed by atoms with Gasteiger partial charge < -0.3 is 14.7 Å². The largest absolute Gasteiger partial charge is 0.389 e. The van der Waals surface area contributed by atoms with Crippen LogP contribution in [0.4, 0.5) is 8.78 Å². The summed E-state index contributed by atoms with van der Waals surface area (Å²) >= 11 is 0. The molecule has 1 fully saturated rings. The lowest BCUT2D eigenvalue weighted by atomic mass is 10.3. The van der Waals surface area contributed by atoms with E-state index in [0.717, 1.165) is 4.90 Å². The van der Waals surface area contributed by atoms with Crippen LogP contribution in [0.1, 0.15) is 0 Å². The zero-order valence-electron chi connectivity index (χ0n) is 6.95. The second-order valence-electron chi connectivity index (χ2n) is 2.81. The number of aliphatic hydroxyl groups is 1. The molecule has 1 amide bonds. The van der Waals surface area contributed by atoms with E-state index in [4.69, 9.17) is 9.84 Å². The first-order chi connectivity index (χ1) is 6.11. The molecule has 0 aromatic heterocycles. The summed E-state index contributed by atoms with van der Waals surface area (Å²) in [7, 11) is 0. The molecule has 76 valence electrons. The maximum atomic E-state index is 12.0. The lowest BCUT2D eigenvalue weighted by Crippen LogP contribution is -2.40. The van der Waals surface area contributed by atoms with E-state index in [1.165, 1.54) is 0 Å². The van der Waals surface area contributed by atoms with Gasteiger partial charge in [-0.25, -0.2) is 0 Å². The molecule has 1 N–H and O–H groups in total. The highest BCUT2D eigenvalue weighted by molar-refractivity contribution is 5.79. The molecule has 1 saturated heterocycles. The Bertz CT molecular complexity index is 189. The lowest BCUT2D eigenvalue weighted by molar-refractivity contribution is -0.143. The van der Waals surface area contributed by atoms with Crippen molar-refractivity contribution in [2.45, 2.75) is 12.5 Å². The Morgan fingerprint density at radius 1 is 1.62 bits per heavy atom. The van der Waals surface area contributed by atoms with Gasteiger partial charge in [-0.3, -0.25) is 4.79 Å². The maximum absolute atomic E-state index is 12.0. The summed E-state index contributed by atoms with van der Waals surface area (Å²) in [6.45, 7) is 0.311. The van der Waals surface area contributed by atoms with E-state index < -0.39 is 18.4 Å². The summed E-state index contributed by atoms with van der Waals surface area (Å²) in [5.74, 6) is -1.25. The highest BCUT2D eigenvalue weighted by Gasteiger charge is 2.26. The van der Waals surface area contributed by atoms with Crippen LogP contribution in [-0.2, 0) is 9.53 Å². The summed E-state index contributed by atoms with van der Waals surface area (Å²) in [5.41, 5.74) is 0. The monoisotopic (exact) mass is 195 g/mol. The van der Waals surface area contributed by atoms with Gasteiger partial charge >= 0.3 is 6.43 Å². The van der Waals surface area contributed by atoms with Crippen LogP contribution in [0.15, 0.2) is 0 Å². The highest BCUT2D eigenvalue weighted by Crippen LogP contribution is 2.05. The highest BCUT2D eigenvalue weighted by atomic mass is 19.3. The first kappa shape index (κ1) is 10.3. The van der Waals surface area contributed by atoms with Crippen LogP contribution in [0.2, 0.25) is 0 Å². The molecule has 0 spiro atoms. The molecule has 4 nitrogen and oxygen atoms in total. The molecule has 0 aliphatic carbocycles. The summed E-state index contributed by atoms with van der Waals surface area (Å²) < 4.78 is 28.8. The predicted molar refractivity (Wildman–Crippen MR) is 39.4 cm³/mol. The summed E-state index contributed by atoms with van der Waals surface area (Å²) in [6.07, 6.45) is -3.88. The molecule has 1 rings (SSSR count). The van der Waals surface area contributed by atoms with Crippen molar-refractivity contribution in [3.05, 3.63) is 0 Å². The van der Waals surface area contributed by atoms with E-state index in [1.807, 2.05) is 0 Å². The van der Waals surface area contributed by atoms with Crippen LogP contribution in [-0.4, -0.2) is 54.7 Å². The number of aliphatic hydroxyl groups excluding tert-OH is 1. The number of rotatable bonds is 1. The van der Waals surface area contributed by atoms with Gasteiger partial charge in [-0.05, 0) is 0 Å². The van der Waals surface area contributed by atoms with Crippen LogP contribution in [0, 0.1) is 0 Å². The third kappa shape index (κ3) is 2.89. The minimum absolute atomic E-state index is 0.0802. The topological polar surface area (TPSA) is 49.8 Å². The number of nitrogens with zero attached hydrogens (tertiary/aromatic N) is 1. The third-order valence-electron chi connectivity index (χ3n) is 1.75. The summed E-state index contributed by atoms with van der Waals surface area (Å²) in [5, 5.41) is 9.13. The zero-order valence-corrected chi connectivity index (χ0v) is 6.95.